The molecule has 0 atom stereocenters. The minimum absolute atomic E-state index is 0.135. The number of fused-ring (bicyclic) bond motifs is 3. The van der Waals surface area contributed by atoms with Crippen LogP contribution in [0, 0.1) is 0 Å². The topological polar surface area (TPSA) is 35.9 Å². The summed E-state index contributed by atoms with van der Waals surface area (Å²) in [6.07, 6.45) is 7.35. The highest BCUT2D eigenvalue weighted by atomic mass is 79.9. The van der Waals surface area contributed by atoms with E-state index in [0.717, 1.165) is 59.8 Å². The van der Waals surface area contributed by atoms with Crippen molar-refractivity contribution in [3.05, 3.63) is 50.3 Å². The average molecular weight is 472 g/mol. The first kappa shape index (κ1) is 19.5. The van der Waals surface area contributed by atoms with Gasteiger partial charge in [-0.1, -0.05) is 34.5 Å². The number of halogens is 1. The molecule has 1 aromatic heterocycles. The highest BCUT2D eigenvalue weighted by Gasteiger charge is 2.33. The van der Waals surface area contributed by atoms with Crippen LogP contribution in [-0.2, 0) is 17.6 Å². The molecule has 2 aromatic rings. The Labute approximate surface area is 184 Å². The van der Waals surface area contributed by atoms with Gasteiger partial charge in [-0.25, -0.2) is 0 Å². The van der Waals surface area contributed by atoms with Crippen LogP contribution in [0.1, 0.15) is 47.3 Å². The monoisotopic (exact) mass is 471 g/mol. The summed E-state index contributed by atoms with van der Waals surface area (Å²) in [6.45, 7) is 4.30. The van der Waals surface area contributed by atoms with E-state index in [0.29, 0.717) is 0 Å². The van der Waals surface area contributed by atoms with E-state index in [1.807, 2.05) is 16.2 Å². The minimum Gasteiger partial charge on any atom is -0.302 e. The second-order valence-corrected chi connectivity index (χ2v) is 10.2. The lowest BCUT2D eigenvalue weighted by atomic mass is 9.99. The van der Waals surface area contributed by atoms with Gasteiger partial charge in [0.15, 0.2) is 0 Å². The Morgan fingerprint density at radius 1 is 1.00 bits per heavy atom. The van der Waals surface area contributed by atoms with Crippen LogP contribution in [0.15, 0.2) is 33.7 Å². The fourth-order valence-corrected chi connectivity index (χ4v) is 6.44. The standard InChI is InChI=1S/C23H26BrN3OS/c24-17-9-7-16(8-10-17)22-21-18-5-4-6-19(18)29-23(21)27(20(28)15-25-22)14-13-26-11-2-1-3-12-26/h7-10H,1-6,11-15H2. The van der Waals surface area contributed by atoms with Crippen molar-refractivity contribution in [3.8, 4) is 0 Å². The molecule has 0 spiro atoms. The second kappa shape index (κ2) is 8.32. The number of rotatable bonds is 4. The van der Waals surface area contributed by atoms with Gasteiger partial charge in [0.1, 0.15) is 11.5 Å². The second-order valence-electron chi connectivity index (χ2n) is 8.16. The number of thiophene rings is 1. The van der Waals surface area contributed by atoms with E-state index in [4.69, 9.17) is 4.99 Å². The van der Waals surface area contributed by atoms with Crippen LogP contribution in [0.3, 0.4) is 0 Å². The zero-order valence-corrected chi connectivity index (χ0v) is 19.0. The van der Waals surface area contributed by atoms with Gasteiger partial charge in [-0.15, -0.1) is 11.3 Å². The van der Waals surface area contributed by atoms with E-state index >= 15 is 0 Å². The number of carbonyl (C=O) groups is 1. The number of amides is 1. The molecule has 1 amide bonds. The molecule has 0 N–H and O–H groups in total. The summed E-state index contributed by atoms with van der Waals surface area (Å²) >= 11 is 5.37. The first-order chi connectivity index (χ1) is 14.2. The number of hydrogen-bond donors (Lipinski definition) is 0. The zero-order chi connectivity index (χ0) is 19.8. The average Bonchev–Trinajstić information content (AvgIpc) is 3.29. The summed E-state index contributed by atoms with van der Waals surface area (Å²) in [6, 6.07) is 8.34. The van der Waals surface area contributed by atoms with Gasteiger partial charge < -0.3 is 9.80 Å². The number of piperidine rings is 1. The molecule has 6 heteroatoms. The van der Waals surface area contributed by atoms with Gasteiger partial charge in [-0.3, -0.25) is 9.79 Å². The van der Waals surface area contributed by atoms with Crippen LogP contribution in [0.5, 0.6) is 0 Å². The summed E-state index contributed by atoms with van der Waals surface area (Å²) in [5, 5.41) is 1.14. The maximum atomic E-state index is 13.1. The van der Waals surface area contributed by atoms with Gasteiger partial charge >= 0.3 is 0 Å². The van der Waals surface area contributed by atoms with Gasteiger partial charge in [0.2, 0.25) is 5.91 Å². The van der Waals surface area contributed by atoms with E-state index in [9.17, 15) is 4.79 Å². The number of aryl methyl sites for hydroxylation is 1. The number of hydrogen-bond acceptors (Lipinski definition) is 4. The van der Waals surface area contributed by atoms with Crippen molar-refractivity contribution in [1.29, 1.82) is 0 Å². The molecule has 1 saturated heterocycles. The first-order valence-corrected chi connectivity index (χ1v) is 12.3. The summed E-state index contributed by atoms with van der Waals surface area (Å²) in [7, 11) is 0. The summed E-state index contributed by atoms with van der Waals surface area (Å²) in [4.78, 5) is 24.0. The van der Waals surface area contributed by atoms with Gasteiger partial charge in [0.25, 0.3) is 0 Å². The Kier molecular flexibility index (Phi) is 5.59. The summed E-state index contributed by atoms with van der Waals surface area (Å²) in [5.74, 6) is 0.135. The molecule has 0 bridgehead atoms. The predicted octanol–water partition coefficient (Wildman–Crippen LogP) is 4.67. The van der Waals surface area contributed by atoms with Crippen molar-refractivity contribution >= 4 is 43.9 Å². The number of nitrogens with zero attached hydrogens (tertiary/aromatic N) is 3. The number of aliphatic imine (C=N–C) groups is 1. The van der Waals surface area contributed by atoms with Crippen molar-refractivity contribution in [2.45, 2.75) is 38.5 Å². The molecular formula is C23H26BrN3OS. The molecule has 1 aromatic carbocycles. The Morgan fingerprint density at radius 2 is 1.79 bits per heavy atom. The van der Waals surface area contributed by atoms with Crippen molar-refractivity contribution in [2.75, 3.05) is 37.6 Å². The number of anilines is 1. The molecule has 152 valence electrons. The van der Waals surface area contributed by atoms with Crippen LogP contribution in [0.2, 0.25) is 0 Å². The van der Waals surface area contributed by atoms with E-state index in [2.05, 4.69) is 45.1 Å². The van der Waals surface area contributed by atoms with Gasteiger partial charge in [0.05, 0.1) is 5.71 Å². The van der Waals surface area contributed by atoms with Crippen LogP contribution >= 0.6 is 27.3 Å². The van der Waals surface area contributed by atoms with Gasteiger partial charge in [0, 0.05) is 33.6 Å². The molecule has 0 unspecified atom stereocenters. The number of likely N-dealkylation sites (tertiary alicyclic amines) is 1. The first-order valence-electron chi connectivity index (χ1n) is 10.7. The normalized spacial score (nSPS) is 19.7. The fourth-order valence-electron chi connectivity index (χ4n) is 4.74. The predicted molar refractivity (Wildman–Crippen MR) is 124 cm³/mol. The Bertz CT molecular complexity index is 944. The lowest BCUT2D eigenvalue weighted by Crippen LogP contribution is -2.41. The molecule has 0 saturated carbocycles. The number of carbonyl (C=O) groups excluding carboxylic acids is 1. The van der Waals surface area contributed by atoms with Gasteiger partial charge in [-0.2, -0.15) is 0 Å². The lowest BCUT2D eigenvalue weighted by molar-refractivity contribution is -0.117. The van der Waals surface area contributed by atoms with Crippen LogP contribution in [0.25, 0.3) is 0 Å². The maximum Gasteiger partial charge on any atom is 0.249 e. The molecule has 0 radical (unpaired) electrons. The smallest absolute Gasteiger partial charge is 0.249 e. The Balaban J connectivity index is 1.51. The van der Waals surface area contributed by atoms with Crippen LogP contribution < -0.4 is 4.90 Å². The fraction of sp³-hybridized carbons (Fsp3) is 0.478. The van der Waals surface area contributed by atoms with E-state index in [-0.39, 0.29) is 12.5 Å². The van der Waals surface area contributed by atoms with Crippen molar-refractivity contribution in [2.24, 2.45) is 4.99 Å². The molecule has 2 aliphatic heterocycles. The highest BCUT2D eigenvalue weighted by molar-refractivity contribution is 9.10. The molecule has 5 rings (SSSR count). The highest BCUT2D eigenvalue weighted by Crippen LogP contribution is 2.43. The quantitative estimate of drug-likeness (QED) is 0.649. The van der Waals surface area contributed by atoms with Crippen molar-refractivity contribution in [1.82, 2.24) is 4.90 Å². The maximum absolute atomic E-state index is 13.1. The SMILES string of the molecule is O=C1CN=C(c2ccc(Br)cc2)c2c(sc3c2CCC3)N1CCN1CCCCC1. The largest absolute Gasteiger partial charge is 0.302 e. The third-order valence-electron chi connectivity index (χ3n) is 6.26. The van der Waals surface area contributed by atoms with Crippen LogP contribution in [0.4, 0.5) is 5.00 Å². The summed E-state index contributed by atoms with van der Waals surface area (Å²) < 4.78 is 1.06. The van der Waals surface area contributed by atoms with Crippen molar-refractivity contribution < 1.29 is 4.79 Å². The molecule has 4 nitrogen and oxygen atoms in total. The molecule has 1 fully saturated rings. The molecular weight excluding hydrogens is 446 g/mol. The molecule has 29 heavy (non-hydrogen) atoms. The molecule has 1 aliphatic carbocycles. The van der Waals surface area contributed by atoms with E-state index in [1.54, 1.807) is 0 Å². The lowest BCUT2D eigenvalue weighted by Gasteiger charge is -2.29. The van der Waals surface area contributed by atoms with Crippen molar-refractivity contribution in [3.63, 3.8) is 0 Å². The third kappa shape index (κ3) is 3.82. The summed E-state index contributed by atoms with van der Waals surface area (Å²) in [5.41, 5.74) is 4.77. The number of benzene rings is 1. The van der Waals surface area contributed by atoms with Crippen LogP contribution in [-0.4, -0.2) is 49.2 Å². The molecule has 3 heterocycles. The van der Waals surface area contributed by atoms with Gasteiger partial charge in [-0.05, 0) is 62.9 Å². The third-order valence-corrected chi connectivity index (χ3v) is 8.11. The Hall–Kier alpha value is -1.50. The molecule has 3 aliphatic rings. The minimum atomic E-state index is 0.135. The zero-order valence-electron chi connectivity index (χ0n) is 16.6. The van der Waals surface area contributed by atoms with E-state index < -0.39 is 0 Å². The van der Waals surface area contributed by atoms with E-state index in [1.165, 1.54) is 41.7 Å². The Morgan fingerprint density at radius 3 is 2.59 bits per heavy atom.